The summed E-state index contributed by atoms with van der Waals surface area (Å²) in [6, 6.07) is 9.63. The number of β-amino-alcohol motifs (C(OH)–C–C–N with tert-alkyl or cyclic N) is 1. The predicted molar refractivity (Wildman–Crippen MR) is 88.0 cm³/mol. The Bertz CT molecular complexity index is 683. The number of aromatic nitrogens is 2. The third kappa shape index (κ3) is 3.28. The highest BCUT2D eigenvalue weighted by Crippen LogP contribution is 2.26. The van der Waals surface area contributed by atoms with Crippen LogP contribution in [0.4, 0.5) is 0 Å². The van der Waals surface area contributed by atoms with Crippen molar-refractivity contribution in [3.05, 3.63) is 42.4 Å². The van der Waals surface area contributed by atoms with Crippen LogP contribution >= 0.6 is 0 Å². The van der Waals surface area contributed by atoms with Crippen molar-refractivity contribution in [1.82, 2.24) is 19.8 Å². The van der Waals surface area contributed by atoms with Crippen LogP contribution in [0.15, 0.2) is 36.7 Å². The van der Waals surface area contributed by atoms with Crippen LogP contribution in [0.5, 0.6) is 0 Å². The highest BCUT2D eigenvalue weighted by atomic mass is 16.3. The Hall–Kier alpha value is -2.18. The fraction of sp³-hybridized carbons (Fsp3) is 0.412. The number of likely N-dealkylation sites (tertiary alicyclic amines) is 1. The molecule has 1 aromatic heterocycles. The van der Waals surface area contributed by atoms with Gasteiger partial charge in [-0.25, -0.2) is 4.98 Å². The maximum Gasteiger partial charge on any atom is 0.272 e. The molecule has 0 spiro atoms. The quantitative estimate of drug-likeness (QED) is 0.890. The number of hydrogen-bond acceptors (Lipinski definition) is 4. The zero-order valence-electron chi connectivity index (χ0n) is 13.5. The summed E-state index contributed by atoms with van der Waals surface area (Å²) >= 11 is 0. The lowest BCUT2D eigenvalue weighted by Gasteiger charge is -2.26. The summed E-state index contributed by atoms with van der Waals surface area (Å²) in [7, 11) is 3.84. The molecule has 122 valence electrons. The first-order valence-electron chi connectivity index (χ1n) is 7.74. The maximum absolute atomic E-state index is 12.8. The second-order valence-corrected chi connectivity index (χ2v) is 6.43. The van der Waals surface area contributed by atoms with E-state index in [9.17, 15) is 9.90 Å². The van der Waals surface area contributed by atoms with Crippen LogP contribution in [-0.4, -0.2) is 70.1 Å². The fourth-order valence-corrected chi connectivity index (χ4v) is 3.18. The predicted octanol–water partition coefficient (Wildman–Crippen LogP) is 1.22. The molecule has 1 aromatic carbocycles. The van der Waals surface area contributed by atoms with Crippen molar-refractivity contribution in [1.29, 1.82) is 0 Å². The minimum absolute atomic E-state index is 0.115. The molecule has 1 atom stereocenters. The van der Waals surface area contributed by atoms with Gasteiger partial charge in [0.2, 0.25) is 0 Å². The van der Waals surface area contributed by atoms with Crippen molar-refractivity contribution in [3.8, 4) is 11.3 Å². The molecule has 23 heavy (non-hydrogen) atoms. The highest BCUT2D eigenvalue weighted by molar-refractivity contribution is 5.98. The van der Waals surface area contributed by atoms with Crippen molar-refractivity contribution in [3.63, 3.8) is 0 Å². The first-order valence-corrected chi connectivity index (χ1v) is 7.74. The smallest absolute Gasteiger partial charge is 0.272 e. The second-order valence-electron chi connectivity index (χ2n) is 6.43. The number of imidazole rings is 1. The average Bonchev–Trinajstić information content (AvgIpc) is 3.14. The lowest BCUT2D eigenvalue weighted by atomic mass is 10.0. The number of amides is 1. The minimum atomic E-state index is -0.841. The van der Waals surface area contributed by atoms with Gasteiger partial charge in [0.1, 0.15) is 11.4 Å². The Balaban J connectivity index is 1.79. The molecule has 1 aliphatic heterocycles. The Morgan fingerprint density at radius 3 is 2.83 bits per heavy atom. The largest absolute Gasteiger partial charge is 0.387 e. The Morgan fingerprint density at radius 2 is 2.13 bits per heavy atom. The molecule has 1 saturated heterocycles. The van der Waals surface area contributed by atoms with E-state index in [0.29, 0.717) is 37.4 Å². The van der Waals surface area contributed by atoms with E-state index >= 15 is 0 Å². The molecule has 1 fully saturated rings. The summed E-state index contributed by atoms with van der Waals surface area (Å²) in [6.07, 6.45) is 2.13. The summed E-state index contributed by atoms with van der Waals surface area (Å²) in [5, 5.41) is 10.6. The van der Waals surface area contributed by atoms with Crippen molar-refractivity contribution in [2.75, 3.05) is 33.7 Å². The van der Waals surface area contributed by atoms with E-state index in [-0.39, 0.29) is 5.91 Å². The lowest BCUT2D eigenvalue weighted by Crippen LogP contribution is -2.43. The first kappa shape index (κ1) is 15.7. The van der Waals surface area contributed by atoms with Crippen LogP contribution in [-0.2, 0) is 0 Å². The van der Waals surface area contributed by atoms with Gasteiger partial charge in [0.15, 0.2) is 0 Å². The van der Waals surface area contributed by atoms with Gasteiger partial charge in [-0.15, -0.1) is 0 Å². The number of likely N-dealkylation sites (N-methyl/N-ethyl adjacent to an activating group) is 1. The topological polar surface area (TPSA) is 72.5 Å². The summed E-state index contributed by atoms with van der Waals surface area (Å²) < 4.78 is 0. The summed E-state index contributed by atoms with van der Waals surface area (Å²) in [4.78, 5) is 23.7. The average molecular weight is 314 g/mol. The van der Waals surface area contributed by atoms with E-state index in [4.69, 9.17) is 0 Å². The molecular weight excluding hydrogens is 292 g/mol. The number of carbonyl (C=O) groups is 1. The molecule has 0 unspecified atom stereocenters. The number of benzene rings is 1. The van der Waals surface area contributed by atoms with Gasteiger partial charge in [-0.05, 0) is 20.5 Å². The molecule has 1 amide bonds. The van der Waals surface area contributed by atoms with Crippen LogP contribution in [0.2, 0.25) is 0 Å². The molecule has 0 bridgehead atoms. The monoisotopic (exact) mass is 314 g/mol. The van der Waals surface area contributed by atoms with Gasteiger partial charge >= 0.3 is 0 Å². The molecule has 2 heterocycles. The van der Waals surface area contributed by atoms with Crippen LogP contribution in [0.1, 0.15) is 16.9 Å². The van der Waals surface area contributed by atoms with Gasteiger partial charge < -0.3 is 19.9 Å². The van der Waals surface area contributed by atoms with E-state index in [1.165, 1.54) is 6.33 Å². The summed E-state index contributed by atoms with van der Waals surface area (Å²) in [6.45, 7) is 1.44. The molecule has 3 rings (SSSR count). The van der Waals surface area contributed by atoms with Crippen molar-refractivity contribution >= 4 is 5.91 Å². The van der Waals surface area contributed by atoms with Gasteiger partial charge in [0, 0.05) is 18.7 Å². The van der Waals surface area contributed by atoms with E-state index in [1.807, 2.05) is 49.3 Å². The minimum Gasteiger partial charge on any atom is -0.387 e. The molecule has 1 aliphatic rings. The Morgan fingerprint density at radius 1 is 1.39 bits per heavy atom. The van der Waals surface area contributed by atoms with Gasteiger partial charge in [-0.2, -0.15) is 0 Å². The van der Waals surface area contributed by atoms with Gasteiger partial charge in [-0.1, -0.05) is 30.3 Å². The number of H-pyrrole nitrogens is 1. The molecule has 6 heteroatoms. The maximum atomic E-state index is 12.8. The molecule has 2 N–H and O–H groups in total. The van der Waals surface area contributed by atoms with E-state index in [0.717, 1.165) is 5.56 Å². The number of carbonyl (C=O) groups excluding carboxylic acids is 1. The molecule has 2 aromatic rings. The van der Waals surface area contributed by atoms with Crippen molar-refractivity contribution in [2.24, 2.45) is 0 Å². The first-order chi connectivity index (χ1) is 11.0. The number of rotatable bonds is 4. The normalized spacial score (nSPS) is 21.1. The van der Waals surface area contributed by atoms with Crippen LogP contribution in [0, 0.1) is 0 Å². The van der Waals surface area contributed by atoms with Gasteiger partial charge in [-0.3, -0.25) is 4.79 Å². The van der Waals surface area contributed by atoms with Crippen LogP contribution in [0.3, 0.4) is 0 Å². The van der Waals surface area contributed by atoms with E-state index in [2.05, 4.69) is 9.97 Å². The fourth-order valence-electron chi connectivity index (χ4n) is 3.18. The standard InChI is InChI=1S/C17H22N4O2/c1-20(2)10-17(23)8-9-21(11-17)16(22)15-14(18-12-19-15)13-6-4-3-5-7-13/h3-7,12,23H,8-11H2,1-2H3,(H,18,19)/t17-/m1/s1. The molecule has 0 radical (unpaired) electrons. The Labute approximate surface area is 135 Å². The number of aliphatic hydroxyl groups is 1. The zero-order chi connectivity index (χ0) is 16.4. The van der Waals surface area contributed by atoms with Crippen molar-refractivity contribution < 1.29 is 9.90 Å². The molecular formula is C17H22N4O2. The van der Waals surface area contributed by atoms with Crippen LogP contribution < -0.4 is 0 Å². The third-order valence-electron chi connectivity index (χ3n) is 4.13. The molecule has 6 nitrogen and oxygen atoms in total. The van der Waals surface area contributed by atoms with Gasteiger partial charge in [0.25, 0.3) is 5.91 Å². The highest BCUT2D eigenvalue weighted by Gasteiger charge is 2.39. The number of nitrogens with one attached hydrogen (secondary N) is 1. The van der Waals surface area contributed by atoms with E-state index < -0.39 is 5.60 Å². The van der Waals surface area contributed by atoms with Crippen LogP contribution in [0.25, 0.3) is 11.3 Å². The molecule has 0 saturated carbocycles. The second kappa shape index (κ2) is 6.14. The lowest BCUT2D eigenvalue weighted by molar-refractivity contribution is 0.0235. The Kier molecular flexibility index (Phi) is 4.19. The van der Waals surface area contributed by atoms with Gasteiger partial charge in [0.05, 0.1) is 18.5 Å². The summed E-state index contributed by atoms with van der Waals surface area (Å²) in [5.41, 5.74) is 1.19. The summed E-state index contributed by atoms with van der Waals surface area (Å²) in [5.74, 6) is -0.115. The zero-order valence-corrected chi connectivity index (χ0v) is 13.5. The third-order valence-corrected chi connectivity index (χ3v) is 4.13. The number of nitrogens with zero attached hydrogens (tertiary/aromatic N) is 3. The SMILES string of the molecule is CN(C)C[C@]1(O)CCN(C(=O)c2[nH]cnc2-c2ccccc2)C1. The number of aromatic amines is 1. The van der Waals surface area contributed by atoms with E-state index in [1.54, 1.807) is 4.90 Å². The number of hydrogen-bond donors (Lipinski definition) is 2. The molecule has 0 aliphatic carbocycles. The van der Waals surface area contributed by atoms with Crippen molar-refractivity contribution in [2.45, 2.75) is 12.0 Å².